The fourth-order valence-electron chi connectivity index (χ4n) is 1.53. The van der Waals surface area contributed by atoms with Crippen molar-refractivity contribution in [3.8, 4) is 0 Å². The molecule has 1 radical (unpaired) electrons. The molecular weight excluding hydrogens is 799 g/mol. The second-order valence-electron chi connectivity index (χ2n) is 4.59. The number of nitrogens with two attached hydrogens (primary N) is 1. The fraction of sp³-hybridized carbons (Fsp3) is 0.200. The molecule has 7 nitrogen and oxygen atoms in total. The standard InChI is InChI=1S/C8H6ClF2NO2.C6H3BrClFN2O2.CH4.I2.V/c1-3-4(9)6(8(13)14-2)12-7(11)5(3)10;7-5-2(9)3(10)1(8)4(11-5)6(12)13;;1-2;/h1-2H3;(H2,10,11)(H,12,13);1H4;;. The van der Waals surface area contributed by atoms with Crippen molar-refractivity contribution in [1.82, 2.24) is 9.97 Å². The van der Waals surface area contributed by atoms with Crippen LogP contribution >= 0.6 is 76.4 Å². The molecule has 0 aliphatic carbocycles. The molecule has 0 saturated heterocycles. The summed E-state index contributed by atoms with van der Waals surface area (Å²) in [5.74, 6) is -5.67. The SMILES string of the molecule is C.COC(=O)c1nc(F)c(F)c(C)c1Cl.II.Nc1c(F)c(Br)nc(C(=O)O)c1Cl.[V]. The summed E-state index contributed by atoms with van der Waals surface area (Å²) < 4.78 is 42.6. The van der Waals surface area contributed by atoms with Gasteiger partial charge in [0.2, 0.25) is 5.95 Å². The van der Waals surface area contributed by atoms with Crippen molar-refractivity contribution >= 4 is 94.0 Å². The zero-order valence-corrected chi connectivity index (χ0v) is 23.4. The first kappa shape index (κ1) is 35.5. The van der Waals surface area contributed by atoms with Crippen molar-refractivity contribution in [3.63, 3.8) is 0 Å². The number of aromatic nitrogens is 2. The average Bonchev–Trinajstić information content (AvgIpc) is 2.71. The van der Waals surface area contributed by atoms with E-state index >= 15 is 0 Å². The zero-order valence-electron chi connectivity index (χ0n) is 14.6. The molecule has 0 aliphatic rings. The molecule has 2 aromatic heterocycles. The summed E-state index contributed by atoms with van der Waals surface area (Å²) in [7, 11) is 1.09. The molecule has 16 heteroatoms. The van der Waals surface area contributed by atoms with Gasteiger partial charge in [0.15, 0.2) is 23.0 Å². The van der Waals surface area contributed by atoms with Gasteiger partial charge in [-0.25, -0.2) is 28.3 Å². The van der Waals surface area contributed by atoms with Gasteiger partial charge in [-0.3, -0.25) is 0 Å². The number of carboxylic acid groups (broad SMARTS) is 1. The number of hydrogen-bond acceptors (Lipinski definition) is 6. The van der Waals surface area contributed by atoms with Crippen molar-refractivity contribution < 1.29 is 51.2 Å². The zero-order chi connectivity index (χ0) is 23.0. The van der Waals surface area contributed by atoms with E-state index in [4.69, 9.17) is 34.0 Å². The minimum atomic E-state index is -1.37. The first-order valence-corrected chi connectivity index (χ1v) is 14.5. The summed E-state index contributed by atoms with van der Waals surface area (Å²) >= 11 is 18.0. The van der Waals surface area contributed by atoms with Crippen LogP contribution < -0.4 is 5.73 Å². The molecule has 0 unspecified atom stereocenters. The van der Waals surface area contributed by atoms with E-state index in [2.05, 4.69) is 67.9 Å². The Morgan fingerprint density at radius 3 is 2.00 bits per heavy atom. The molecular formula is C15H13BrCl2F3I2N3O4V. The van der Waals surface area contributed by atoms with Crippen LogP contribution in [0.1, 0.15) is 34.0 Å². The molecule has 173 valence electrons. The quantitative estimate of drug-likeness (QED) is 0.204. The molecule has 2 aromatic rings. The molecule has 0 atom stereocenters. The monoisotopic (exact) mass is 810 g/mol. The third kappa shape index (κ3) is 9.37. The van der Waals surface area contributed by atoms with Crippen molar-refractivity contribution in [2.24, 2.45) is 0 Å². The van der Waals surface area contributed by atoms with E-state index in [1.165, 1.54) is 6.92 Å². The van der Waals surface area contributed by atoms with E-state index in [-0.39, 0.29) is 41.2 Å². The number of halogens is 8. The number of carbonyl (C=O) groups is 2. The summed E-state index contributed by atoms with van der Waals surface area (Å²) in [4.78, 5) is 27.9. The predicted molar refractivity (Wildman–Crippen MR) is 128 cm³/mol. The Hall–Kier alpha value is -0.0656. The van der Waals surface area contributed by atoms with Crippen LogP contribution in [0.25, 0.3) is 0 Å². The van der Waals surface area contributed by atoms with Crippen molar-refractivity contribution in [1.29, 1.82) is 0 Å². The second kappa shape index (κ2) is 16.5. The van der Waals surface area contributed by atoms with Crippen molar-refractivity contribution in [2.45, 2.75) is 14.4 Å². The summed E-state index contributed by atoms with van der Waals surface area (Å²) in [5.41, 5.74) is 3.68. The normalized spacial score (nSPS) is 8.97. The number of hydrogen-bond donors (Lipinski definition) is 2. The molecule has 0 saturated carbocycles. The van der Waals surface area contributed by atoms with Gasteiger partial charge >= 0.3 is 11.9 Å². The van der Waals surface area contributed by atoms with Gasteiger partial charge in [-0.15, -0.1) is 0 Å². The van der Waals surface area contributed by atoms with E-state index < -0.39 is 51.6 Å². The number of carboxylic acids is 1. The Morgan fingerprint density at radius 1 is 1.10 bits per heavy atom. The number of esters is 1. The molecule has 0 spiro atoms. The Morgan fingerprint density at radius 2 is 1.58 bits per heavy atom. The minimum absolute atomic E-state index is 0. The van der Waals surface area contributed by atoms with Crippen LogP contribution in [0.3, 0.4) is 0 Å². The number of pyridine rings is 2. The van der Waals surface area contributed by atoms with Crippen LogP contribution in [0, 0.1) is 24.5 Å². The number of rotatable bonds is 2. The Labute approximate surface area is 229 Å². The summed E-state index contributed by atoms with van der Waals surface area (Å²) in [6.45, 7) is 1.24. The number of ether oxygens (including phenoxy) is 1. The van der Waals surface area contributed by atoms with Crippen LogP contribution in [0.5, 0.6) is 0 Å². The van der Waals surface area contributed by atoms with Crippen LogP contribution in [-0.2, 0) is 23.3 Å². The third-order valence-electron chi connectivity index (χ3n) is 2.91. The van der Waals surface area contributed by atoms with Gasteiger partial charge in [0.1, 0.15) is 4.60 Å². The van der Waals surface area contributed by atoms with E-state index in [1.54, 1.807) is 0 Å². The second-order valence-corrected chi connectivity index (χ2v) is 6.10. The molecule has 0 aromatic carbocycles. The van der Waals surface area contributed by atoms with Crippen molar-refractivity contribution in [2.75, 3.05) is 12.8 Å². The van der Waals surface area contributed by atoms with Crippen LogP contribution in [0.2, 0.25) is 10.0 Å². The summed E-state index contributed by atoms with van der Waals surface area (Å²) in [6, 6.07) is 0. The average molecular weight is 812 g/mol. The molecule has 3 N–H and O–H groups in total. The number of nitrogens with zero attached hydrogens (tertiary/aromatic N) is 2. The van der Waals surface area contributed by atoms with Crippen LogP contribution in [0.4, 0.5) is 18.9 Å². The topological polar surface area (TPSA) is 115 Å². The largest absolute Gasteiger partial charge is 0.476 e. The number of methoxy groups -OCH3 is 1. The Balaban J connectivity index is -0.000000442. The fourth-order valence-corrected chi connectivity index (χ4v) is 2.33. The van der Waals surface area contributed by atoms with Gasteiger partial charge in [0.05, 0.1) is 22.8 Å². The van der Waals surface area contributed by atoms with Crippen LogP contribution in [0.15, 0.2) is 4.60 Å². The van der Waals surface area contributed by atoms with E-state index in [9.17, 15) is 22.8 Å². The van der Waals surface area contributed by atoms with Gasteiger partial charge in [0.25, 0.3) is 0 Å². The molecule has 0 bridgehead atoms. The van der Waals surface area contributed by atoms with Crippen molar-refractivity contribution in [3.05, 3.63) is 49.2 Å². The number of aromatic carboxylic acids is 1. The molecule has 31 heavy (non-hydrogen) atoms. The maximum Gasteiger partial charge on any atom is 0.358 e. The Bertz CT molecular complexity index is 949. The first-order valence-electron chi connectivity index (χ1n) is 6.70. The van der Waals surface area contributed by atoms with E-state index in [0.717, 1.165) is 7.11 Å². The summed E-state index contributed by atoms with van der Waals surface area (Å²) in [5, 5.41) is 7.92. The molecule has 0 fully saturated rings. The van der Waals surface area contributed by atoms with Crippen LogP contribution in [-0.4, -0.2) is 34.1 Å². The number of nitrogen functional groups attached to an aromatic ring is 1. The Kier molecular flexibility index (Phi) is 18.9. The summed E-state index contributed by atoms with van der Waals surface area (Å²) in [6.07, 6.45) is 0. The predicted octanol–water partition coefficient (Wildman–Crippen LogP) is 6.43. The van der Waals surface area contributed by atoms with Gasteiger partial charge < -0.3 is 15.6 Å². The first-order chi connectivity index (χ1) is 13.4. The number of anilines is 1. The van der Waals surface area contributed by atoms with E-state index in [0.29, 0.717) is 0 Å². The maximum atomic E-state index is 12.9. The van der Waals surface area contributed by atoms with E-state index in [1.807, 2.05) is 0 Å². The molecule has 0 aliphatic heterocycles. The minimum Gasteiger partial charge on any atom is -0.476 e. The number of carbonyl (C=O) groups excluding carboxylic acids is 1. The smallest absolute Gasteiger partial charge is 0.358 e. The molecule has 2 heterocycles. The molecule has 2 rings (SSSR count). The van der Waals surface area contributed by atoms with Gasteiger partial charge in [-0.1, -0.05) is 30.6 Å². The van der Waals surface area contributed by atoms with Gasteiger partial charge in [0, 0.05) is 61.4 Å². The maximum absolute atomic E-state index is 12.9. The molecule has 0 amide bonds. The third-order valence-corrected chi connectivity index (χ3v) is 4.28. The van der Waals surface area contributed by atoms with Gasteiger partial charge in [-0.05, 0) is 22.9 Å². The van der Waals surface area contributed by atoms with Gasteiger partial charge in [-0.2, -0.15) is 4.39 Å².